The Morgan fingerprint density at radius 1 is 1.40 bits per heavy atom. The fraction of sp³-hybridized carbons (Fsp3) is 0.300. The van der Waals surface area contributed by atoms with Crippen LogP contribution < -0.4 is 0 Å². The van der Waals surface area contributed by atoms with Crippen molar-refractivity contribution in [3.05, 3.63) is 36.9 Å². The number of rotatable bonds is 3. The highest BCUT2D eigenvalue weighted by Gasteiger charge is 2.06. The topological polar surface area (TPSA) is 52.7 Å². The van der Waals surface area contributed by atoms with Gasteiger partial charge in [-0.25, -0.2) is 9.97 Å². The lowest BCUT2D eigenvalue weighted by Gasteiger charge is -2.01. The van der Waals surface area contributed by atoms with Crippen LogP contribution in [0.15, 0.2) is 31.1 Å². The van der Waals surface area contributed by atoms with Gasteiger partial charge in [-0.15, -0.1) is 0 Å². The fourth-order valence-corrected chi connectivity index (χ4v) is 1.39. The van der Waals surface area contributed by atoms with Crippen LogP contribution in [0.1, 0.15) is 17.0 Å². The van der Waals surface area contributed by atoms with Crippen molar-refractivity contribution < 1.29 is 4.79 Å². The minimum absolute atomic E-state index is 0.0375. The molecule has 0 amide bonds. The average molecular weight is 204 g/mol. The summed E-state index contributed by atoms with van der Waals surface area (Å²) in [4.78, 5) is 19.6. The van der Waals surface area contributed by atoms with Gasteiger partial charge in [0.05, 0.1) is 0 Å². The van der Waals surface area contributed by atoms with Crippen molar-refractivity contribution in [3.8, 4) is 0 Å². The van der Waals surface area contributed by atoms with Gasteiger partial charge in [0.25, 0.3) is 0 Å². The zero-order chi connectivity index (χ0) is 10.7. The lowest BCUT2D eigenvalue weighted by atomic mass is 10.3. The van der Waals surface area contributed by atoms with Crippen molar-refractivity contribution in [2.24, 2.45) is 7.05 Å². The van der Waals surface area contributed by atoms with E-state index in [1.807, 2.05) is 17.8 Å². The molecule has 15 heavy (non-hydrogen) atoms. The third-order valence-corrected chi connectivity index (χ3v) is 2.28. The van der Waals surface area contributed by atoms with Crippen molar-refractivity contribution in [2.75, 3.05) is 0 Å². The molecule has 0 atom stereocenters. The van der Waals surface area contributed by atoms with Gasteiger partial charge in [-0.2, -0.15) is 0 Å². The molecule has 2 rings (SSSR count). The SMILES string of the molecule is Cn1ccnc1CCC(=O)n1ccnc1. The molecule has 0 aromatic carbocycles. The molecule has 0 aliphatic rings. The van der Waals surface area contributed by atoms with E-state index in [9.17, 15) is 4.79 Å². The van der Waals surface area contributed by atoms with Crippen LogP contribution >= 0.6 is 0 Å². The van der Waals surface area contributed by atoms with Crippen molar-refractivity contribution in [2.45, 2.75) is 12.8 Å². The van der Waals surface area contributed by atoms with Crippen LogP contribution in [-0.4, -0.2) is 25.0 Å². The lowest BCUT2D eigenvalue weighted by Crippen LogP contribution is -2.10. The summed E-state index contributed by atoms with van der Waals surface area (Å²) < 4.78 is 3.41. The van der Waals surface area contributed by atoms with Crippen LogP contribution in [0.25, 0.3) is 0 Å². The zero-order valence-corrected chi connectivity index (χ0v) is 8.50. The highest BCUT2D eigenvalue weighted by Crippen LogP contribution is 2.01. The third-order valence-electron chi connectivity index (χ3n) is 2.28. The van der Waals surface area contributed by atoms with Gasteiger partial charge in [-0.3, -0.25) is 9.36 Å². The van der Waals surface area contributed by atoms with E-state index in [1.54, 1.807) is 18.6 Å². The summed E-state index contributed by atoms with van der Waals surface area (Å²) in [5, 5.41) is 0. The molecule has 78 valence electrons. The number of imidazole rings is 2. The highest BCUT2D eigenvalue weighted by molar-refractivity contribution is 5.78. The first-order chi connectivity index (χ1) is 7.27. The predicted octanol–water partition coefficient (Wildman–Crippen LogP) is 0.890. The first kappa shape index (κ1) is 9.64. The Morgan fingerprint density at radius 2 is 2.27 bits per heavy atom. The molecule has 0 aliphatic heterocycles. The molecule has 5 nitrogen and oxygen atoms in total. The molecular formula is C10H12N4O. The van der Waals surface area contributed by atoms with Gasteiger partial charge in [0.15, 0.2) is 0 Å². The van der Waals surface area contributed by atoms with Gasteiger partial charge in [-0.05, 0) is 0 Å². The van der Waals surface area contributed by atoms with E-state index >= 15 is 0 Å². The van der Waals surface area contributed by atoms with Crippen LogP contribution in [0.2, 0.25) is 0 Å². The molecule has 2 aromatic rings. The lowest BCUT2D eigenvalue weighted by molar-refractivity contribution is 0.0902. The first-order valence-corrected chi connectivity index (χ1v) is 4.75. The zero-order valence-electron chi connectivity index (χ0n) is 8.50. The molecule has 5 heteroatoms. The number of aryl methyl sites for hydroxylation is 2. The minimum atomic E-state index is 0.0375. The van der Waals surface area contributed by atoms with Crippen molar-refractivity contribution in [1.29, 1.82) is 0 Å². The van der Waals surface area contributed by atoms with Gasteiger partial charge < -0.3 is 4.57 Å². The van der Waals surface area contributed by atoms with E-state index in [0.29, 0.717) is 12.8 Å². The normalized spacial score (nSPS) is 10.5. The van der Waals surface area contributed by atoms with Crippen LogP contribution in [0.3, 0.4) is 0 Å². The van der Waals surface area contributed by atoms with Crippen LogP contribution in [0.4, 0.5) is 0 Å². The summed E-state index contributed by atoms with van der Waals surface area (Å²) in [6.07, 6.45) is 9.47. The summed E-state index contributed by atoms with van der Waals surface area (Å²) in [6.45, 7) is 0. The largest absolute Gasteiger partial charge is 0.338 e. The molecule has 0 fully saturated rings. The van der Waals surface area contributed by atoms with E-state index in [2.05, 4.69) is 9.97 Å². The second kappa shape index (κ2) is 4.08. The van der Waals surface area contributed by atoms with Crippen LogP contribution in [0.5, 0.6) is 0 Å². The Bertz CT molecular complexity index is 444. The van der Waals surface area contributed by atoms with E-state index in [-0.39, 0.29) is 5.91 Å². The predicted molar refractivity (Wildman–Crippen MR) is 54.4 cm³/mol. The Balaban J connectivity index is 1.95. The smallest absolute Gasteiger partial charge is 0.232 e. The summed E-state index contributed by atoms with van der Waals surface area (Å²) >= 11 is 0. The monoisotopic (exact) mass is 204 g/mol. The maximum absolute atomic E-state index is 11.6. The van der Waals surface area contributed by atoms with Crippen LogP contribution in [-0.2, 0) is 13.5 Å². The molecule has 0 N–H and O–H groups in total. The van der Waals surface area contributed by atoms with Gasteiger partial charge in [0.2, 0.25) is 5.91 Å². The van der Waals surface area contributed by atoms with Gasteiger partial charge in [0, 0.05) is 44.7 Å². The molecular weight excluding hydrogens is 192 g/mol. The molecule has 0 radical (unpaired) electrons. The van der Waals surface area contributed by atoms with E-state index in [0.717, 1.165) is 5.82 Å². The number of hydrogen-bond donors (Lipinski definition) is 0. The molecule has 2 heterocycles. The number of nitrogens with zero attached hydrogens (tertiary/aromatic N) is 4. The molecule has 0 bridgehead atoms. The second-order valence-corrected chi connectivity index (χ2v) is 3.32. The number of carbonyl (C=O) groups is 1. The summed E-state index contributed by atoms with van der Waals surface area (Å²) in [6, 6.07) is 0. The van der Waals surface area contributed by atoms with Crippen molar-refractivity contribution >= 4 is 5.91 Å². The Hall–Kier alpha value is -1.91. The molecule has 0 saturated heterocycles. The second-order valence-electron chi connectivity index (χ2n) is 3.32. The van der Waals surface area contributed by atoms with E-state index in [4.69, 9.17) is 0 Å². The summed E-state index contributed by atoms with van der Waals surface area (Å²) in [5.41, 5.74) is 0. The summed E-state index contributed by atoms with van der Waals surface area (Å²) in [5.74, 6) is 0.957. The highest BCUT2D eigenvalue weighted by atomic mass is 16.2. The van der Waals surface area contributed by atoms with Gasteiger partial charge in [0.1, 0.15) is 12.2 Å². The van der Waals surface area contributed by atoms with E-state index in [1.165, 1.54) is 10.9 Å². The maximum Gasteiger partial charge on any atom is 0.232 e. The maximum atomic E-state index is 11.6. The van der Waals surface area contributed by atoms with Crippen LogP contribution in [0, 0.1) is 0 Å². The van der Waals surface area contributed by atoms with Gasteiger partial charge in [-0.1, -0.05) is 0 Å². The fourth-order valence-electron chi connectivity index (χ4n) is 1.39. The van der Waals surface area contributed by atoms with Gasteiger partial charge >= 0.3 is 0 Å². The quantitative estimate of drug-likeness (QED) is 0.746. The number of aromatic nitrogens is 4. The standard InChI is InChI=1S/C10H12N4O/c1-13-6-5-12-9(13)2-3-10(15)14-7-4-11-8-14/h4-8H,2-3H2,1H3. The summed E-state index contributed by atoms with van der Waals surface area (Å²) in [7, 11) is 1.92. The molecule has 0 saturated carbocycles. The first-order valence-electron chi connectivity index (χ1n) is 4.75. The Morgan fingerprint density at radius 3 is 2.87 bits per heavy atom. The number of hydrogen-bond acceptors (Lipinski definition) is 3. The Kier molecular flexibility index (Phi) is 2.62. The molecule has 0 aliphatic carbocycles. The number of carbonyl (C=O) groups excluding carboxylic acids is 1. The molecule has 0 unspecified atom stereocenters. The Labute approximate surface area is 87.4 Å². The van der Waals surface area contributed by atoms with Crippen molar-refractivity contribution in [1.82, 2.24) is 19.1 Å². The third kappa shape index (κ3) is 2.12. The average Bonchev–Trinajstić information content (AvgIpc) is 2.85. The minimum Gasteiger partial charge on any atom is -0.338 e. The molecule has 2 aromatic heterocycles. The van der Waals surface area contributed by atoms with E-state index < -0.39 is 0 Å². The van der Waals surface area contributed by atoms with Crippen molar-refractivity contribution in [3.63, 3.8) is 0 Å². The molecule has 0 spiro atoms.